The van der Waals surface area contributed by atoms with E-state index in [1.54, 1.807) is 6.07 Å². The molecule has 1 aliphatic rings. The molecule has 0 spiro atoms. The van der Waals surface area contributed by atoms with Gasteiger partial charge in [-0.15, -0.1) is 0 Å². The van der Waals surface area contributed by atoms with Gasteiger partial charge in [0.05, 0.1) is 17.1 Å². The molecule has 0 radical (unpaired) electrons. The smallest absolute Gasteiger partial charge is 0.305 e. The van der Waals surface area contributed by atoms with Crippen molar-refractivity contribution in [2.75, 3.05) is 5.32 Å². The normalized spacial score (nSPS) is 22.6. The third-order valence-corrected chi connectivity index (χ3v) is 3.49. The lowest BCUT2D eigenvalue weighted by Gasteiger charge is -2.22. The van der Waals surface area contributed by atoms with E-state index in [-0.39, 0.29) is 17.4 Å². The molecule has 20 heavy (non-hydrogen) atoms. The van der Waals surface area contributed by atoms with Gasteiger partial charge in [0, 0.05) is 6.07 Å². The molecule has 2 unspecified atom stereocenters. The molecule has 2 atom stereocenters. The summed E-state index contributed by atoms with van der Waals surface area (Å²) < 4.78 is 0. The summed E-state index contributed by atoms with van der Waals surface area (Å²) in [5.74, 6) is 0.387. The molecule has 0 bridgehead atoms. The summed E-state index contributed by atoms with van der Waals surface area (Å²) in [7, 11) is 0. The van der Waals surface area contributed by atoms with Crippen LogP contribution in [0.4, 0.5) is 11.5 Å². The number of nitrogens with zero attached hydrogens (tertiary/aromatic N) is 3. The first-order valence-electron chi connectivity index (χ1n) is 6.62. The molecule has 1 aromatic heterocycles. The van der Waals surface area contributed by atoms with Crippen LogP contribution in [0.2, 0.25) is 0 Å². The van der Waals surface area contributed by atoms with E-state index in [1.165, 1.54) is 12.1 Å². The first-order chi connectivity index (χ1) is 9.61. The zero-order valence-electron chi connectivity index (χ0n) is 11.0. The summed E-state index contributed by atoms with van der Waals surface area (Å²) in [6.45, 7) is 0. The predicted octanol–water partition coefficient (Wildman–Crippen LogP) is 1.97. The lowest BCUT2D eigenvalue weighted by Crippen LogP contribution is -2.32. The van der Waals surface area contributed by atoms with Gasteiger partial charge in [0.1, 0.15) is 11.9 Å². The number of rotatable bonds is 3. The number of pyridine rings is 1. The number of hydrogen-bond donors (Lipinski definition) is 2. The average molecular weight is 276 g/mol. The van der Waals surface area contributed by atoms with Crippen LogP contribution in [0, 0.1) is 21.4 Å². The molecule has 1 fully saturated rings. The third-order valence-electron chi connectivity index (χ3n) is 3.49. The SMILES string of the molecule is N#Cc1nc(NC2CCCCCC2O)ccc1[N+](=O)[O-]. The lowest BCUT2D eigenvalue weighted by molar-refractivity contribution is -0.385. The highest BCUT2D eigenvalue weighted by molar-refractivity contribution is 5.50. The topological polar surface area (TPSA) is 112 Å². The summed E-state index contributed by atoms with van der Waals surface area (Å²) in [5, 5.41) is 32.7. The Kier molecular flexibility index (Phi) is 4.48. The van der Waals surface area contributed by atoms with E-state index in [4.69, 9.17) is 5.26 Å². The van der Waals surface area contributed by atoms with Gasteiger partial charge in [-0.25, -0.2) is 4.98 Å². The largest absolute Gasteiger partial charge is 0.391 e. The van der Waals surface area contributed by atoms with Gasteiger partial charge in [0.2, 0.25) is 5.69 Å². The molecule has 7 heteroatoms. The Bertz CT molecular complexity index is 541. The second-order valence-electron chi connectivity index (χ2n) is 4.89. The van der Waals surface area contributed by atoms with Crippen molar-refractivity contribution in [1.82, 2.24) is 4.98 Å². The lowest BCUT2D eigenvalue weighted by atomic mass is 10.1. The molecule has 1 heterocycles. The Hall–Kier alpha value is -2.20. The summed E-state index contributed by atoms with van der Waals surface area (Å²) in [4.78, 5) is 14.1. The zero-order chi connectivity index (χ0) is 14.5. The van der Waals surface area contributed by atoms with Crippen molar-refractivity contribution in [2.24, 2.45) is 0 Å². The van der Waals surface area contributed by atoms with Gasteiger partial charge < -0.3 is 10.4 Å². The molecule has 1 saturated carbocycles. The maximum atomic E-state index is 10.7. The number of nitrogens with one attached hydrogen (secondary N) is 1. The van der Waals surface area contributed by atoms with Crippen molar-refractivity contribution in [3.05, 3.63) is 27.9 Å². The quantitative estimate of drug-likeness (QED) is 0.496. The molecule has 7 nitrogen and oxygen atoms in total. The Morgan fingerprint density at radius 1 is 1.40 bits per heavy atom. The van der Waals surface area contributed by atoms with Crippen molar-refractivity contribution in [3.63, 3.8) is 0 Å². The average Bonchev–Trinajstić information content (AvgIpc) is 2.64. The number of nitro groups is 1. The first-order valence-corrected chi connectivity index (χ1v) is 6.62. The van der Waals surface area contributed by atoms with Crippen LogP contribution in [0.5, 0.6) is 0 Å². The molecular formula is C13H16N4O3. The molecule has 0 amide bonds. The number of aliphatic hydroxyl groups excluding tert-OH is 1. The number of anilines is 1. The van der Waals surface area contributed by atoms with Crippen molar-refractivity contribution in [3.8, 4) is 6.07 Å². The van der Waals surface area contributed by atoms with Crippen LogP contribution in [0.3, 0.4) is 0 Å². The minimum Gasteiger partial charge on any atom is -0.391 e. The van der Waals surface area contributed by atoms with E-state index in [2.05, 4.69) is 10.3 Å². The fourth-order valence-corrected chi connectivity index (χ4v) is 2.41. The van der Waals surface area contributed by atoms with Crippen LogP contribution in [-0.2, 0) is 0 Å². The molecule has 1 aliphatic carbocycles. The van der Waals surface area contributed by atoms with Crippen LogP contribution < -0.4 is 5.32 Å². The van der Waals surface area contributed by atoms with E-state index >= 15 is 0 Å². The minimum atomic E-state index is -0.629. The second kappa shape index (κ2) is 6.30. The third kappa shape index (κ3) is 3.22. The van der Waals surface area contributed by atoms with E-state index in [0.717, 1.165) is 32.1 Å². The minimum absolute atomic E-state index is 0.127. The molecule has 1 aromatic rings. The molecule has 106 valence electrons. The molecule has 0 saturated heterocycles. The van der Waals surface area contributed by atoms with E-state index < -0.39 is 11.0 Å². The van der Waals surface area contributed by atoms with Crippen LogP contribution >= 0.6 is 0 Å². The van der Waals surface area contributed by atoms with Gasteiger partial charge in [-0.3, -0.25) is 10.1 Å². The van der Waals surface area contributed by atoms with Gasteiger partial charge in [-0.2, -0.15) is 5.26 Å². The summed E-state index contributed by atoms with van der Waals surface area (Å²) >= 11 is 0. The molecule has 2 N–H and O–H groups in total. The molecular weight excluding hydrogens is 260 g/mol. The molecule has 2 rings (SSSR count). The number of nitriles is 1. The van der Waals surface area contributed by atoms with Crippen LogP contribution in [0.25, 0.3) is 0 Å². The fourth-order valence-electron chi connectivity index (χ4n) is 2.41. The van der Waals surface area contributed by atoms with Crippen molar-refractivity contribution < 1.29 is 10.0 Å². The summed E-state index contributed by atoms with van der Waals surface area (Å²) in [6.07, 6.45) is 4.20. The van der Waals surface area contributed by atoms with Crippen LogP contribution in [-0.4, -0.2) is 27.2 Å². The van der Waals surface area contributed by atoms with Crippen molar-refractivity contribution >= 4 is 11.5 Å². The highest BCUT2D eigenvalue weighted by Crippen LogP contribution is 2.23. The van der Waals surface area contributed by atoms with Gasteiger partial charge in [-0.05, 0) is 18.9 Å². The van der Waals surface area contributed by atoms with Gasteiger partial charge in [0.25, 0.3) is 0 Å². The van der Waals surface area contributed by atoms with Gasteiger partial charge >= 0.3 is 5.69 Å². The van der Waals surface area contributed by atoms with Crippen molar-refractivity contribution in [1.29, 1.82) is 5.26 Å². The number of aliphatic hydroxyl groups is 1. The molecule has 0 aliphatic heterocycles. The van der Waals surface area contributed by atoms with Crippen LogP contribution in [0.15, 0.2) is 12.1 Å². The predicted molar refractivity (Wildman–Crippen MR) is 72.1 cm³/mol. The highest BCUT2D eigenvalue weighted by Gasteiger charge is 2.23. The Balaban J connectivity index is 2.17. The number of aromatic nitrogens is 1. The van der Waals surface area contributed by atoms with Crippen LogP contribution in [0.1, 0.15) is 37.8 Å². The van der Waals surface area contributed by atoms with Gasteiger partial charge in [0.15, 0.2) is 0 Å². The van der Waals surface area contributed by atoms with E-state index in [1.807, 2.05) is 0 Å². The monoisotopic (exact) mass is 276 g/mol. The maximum absolute atomic E-state index is 10.7. The van der Waals surface area contributed by atoms with E-state index in [0.29, 0.717) is 5.82 Å². The Labute approximate surface area is 116 Å². The van der Waals surface area contributed by atoms with Crippen molar-refractivity contribution in [2.45, 2.75) is 44.2 Å². The summed E-state index contributed by atoms with van der Waals surface area (Å²) in [6, 6.07) is 4.33. The zero-order valence-corrected chi connectivity index (χ0v) is 11.0. The van der Waals surface area contributed by atoms with E-state index in [9.17, 15) is 15.2 Å². The fraction of sp³-hybridized carbons (Fsp3) is 0.538. The van der Waals surface area contributed by atoms with Gasteiger partial charge in [-0.1, -0.05) is 19.3 Å². The standard InChI is InChI=1S/C13H16N4O3/c14-8-10-11(17(19)20)6-7-13(16-10)15-9-4-2-1-3-5-12(9)18/h6-7,9,12,18H,1-5H2,(H,15,16). The summed E-state index contributed by atoms with van der Waals surface area (Å²) in [5.41, 5.74) is -0.525. The highest BCUT2D eigenvalue weighted by atomic mass is 16.6. The number of hydrogen-bond acceptors (Lipinski definition) is 6. The second-order valence-corrected chi connectivity index (χ2v) is 4.89. The maximum Gasteiger partial charge on any atom is 0.305 e. The molecule has 0 aromatic carbocycles. The Morgan fingerprint density at radius 3 is 2.85 bits per heavy atom. The first kappa shape index (κ1) is 14.2. The Morgan fingerprint density at radius 2 is 2.15 bits per heavy atom.